The minimum Gasteiger partial charge on any atom is -0.480 e. The smallest absolute Gasteiger partial charge is 0.326 e. The predicted octanol–water partition coefficient (Wildman–Crippen LogP) is 0.276. The highest BCUT2D eigenvalue weighted by Crippen LogP contribution is 2.32. The number of H-pyrrole nitrogens is 1. The van der Waals surface area contributed by atoms with Crippen molar-refractivity contribution in [3.8, 4) is 0 Å². The maximum atomic E-state index is 11.9. The van der Waals surface area contributed by atoms with E-state index < -0.39 is 17.9 Å². The zero-order valence-corrected chi connectivity index (χ0v) is 9.90. The van der Waals surface area contributed by atoms with E-state index in [2.05, 4.69) is 10.3 Å². The van der Waals surface area contributed by atoms with Gasteiger partial charge in [-0.15, -0.1) is 0 Å². The molecule has 1 aromatic heterocycles. The topological polar surface area (TPSA) is 99.3 Å². The predicted molar refractivity (Wildman–Crippen MR) is 63.4 cm³/mol. The van der Waals surface area contributed by atoms with Gasteiger partial charge in [0.1, 0.15) is 11.7 Å². The number of carboxylic acids is 1. The molecule has 1 saturated carbocycles. The van der Waals surface area contributed by atoms with Gasteiger partial charge in [0.25, 0.3) is 5.91 Å². The van der Waals surface area contributed by atoms with E-state index in [9.17, 15) is 14.4 Å². The molecule has 1 aliphatic rings. The number of aromatic nitrogens is 1. The van der Waals surface area contributed by atoms with E-state index >= 15 is 0 Å². The lowest BCUT2D eigenvalue weighted by molar-refractivity contribution is -0.139. The highest BCUT2D eigenvalue weighted by molar-refractivity contribution is 5.95. The molecule has 1 fully saturated rings. The molecule has 0 unspecified atom stereocenters. The number of aromatic amines is 1. The lowest BCUT2D eigenvalue weighted by Crippen LogP contribution is -2.42. The molecule has 1 heterocycles. The Morgan fingerprint density at radius 1 is 1.44 bits per heavy atom. The zero-order valence-electron chi connectivity index (χ0n) is 9.90. The van der Waals surface area contributed by atoms with Crippen LogP contribution in [0.3, 0.4) is 0 Å². The van der Waals surface area contributed by atoms with Crippen LogP contribution in [-0.4, -0.2) is 28.0 Å². The lowest BCUT2D eigenvalue weighted by Gasteiger charge is -2.13. The van der Waals surface area contributed by atoms with Crippen molar-refractivity contribution in [3.05, 3.63) is 33.7 Å². The number of carbonyl (C=O) groups is 2. The number of carbonyl (C=O) groups excluding carboxylic acids is 1. The molecule has 1 aromatic rings. The molecule has 18 heavy (non-hydrogen) atoms. The minimum atomic E-state index is -1.04. The van der Waals surface area contributed by atoms with E-state index in [1.54, 1.807) is 6.92 Å². The van der Waals surface area contributed by atoms with E-state index in [1.807, 2.05) is 0 Å². The average Bonchev–Trinajstić information content (AvgIpc) is 3.07. The third-order valence-electron chi connectivity index (χ3n) is 2.87. The van der Waals surface area contributed by atoms with Crippen molar-refractivity contribution >= 4 is 11.9 Å². The molecule has 6 heteroatoms. The van der Waals surface area contributed by atoms with Crippen LogP contribution < -0.4 is 10.7 Å². The number of hydrogen-bond donors (Lipinski definition) is 3. The van der Waals surface area contributed by atoms with Crippen LogP contribution in [0, 0.1) is 12.8 Å². The Morgan fingerprint density at radius 3 is 2.61 bits per heavy atom. The molecule has 96 valence electrons. The molecule has 6 nitrogen and oxygen atoms in total. The lowest BCUT2D eigenvalue weighted by atomic mass is 10.2. The summed E-state index contributed by atoms with van der Waals surface area (Å²) in [5, 5.41) is 11.4. The van der Waals surface area contributed by atoms with Crippen LogP contribution in [0.15, 0.2) is 16.9 Å². The summed E-state index contributed by atoms with van der Waals surface area (Å²) in [7, 11) is 0. The van der Waals surface area contributed by atoms with Crippen LogP contribution in [0.4, 0.5) is 0 Å². The maximum Gasteiger partial charge on any atom is 0.326 e. The highest BCUT2D eigenvalue weighted by atomic mass is 16.4. The molecule has 3 N–H and O–H groups in total. The Kier molecular flexibility index (Phi) is 3.18. The fraction of sp³-hybridized carbons (Fsp3) is 0.417. The monoisotopic (exact) mass is 250 g/mol. The van der Waals surface area contributed by atoms with Crippen molar-refractivity contribution < 1.29 is 14.7 Å². The molecule has 0 saturated heterocycles. The molecule has 1 atom stereocenters. The van der Waals surface area contributed by atoms with E-state index in [1.165, 1.54) is 6.07 Å². The van der Waals surface area contributed by atoms with Gasteiger partial charge in [0.15, 0.2) is 5.43 Å². The van der Waals surface area contributed by atoms with Crippen LogP contribution in [0.5, 0.6) is 0 Å². The number of aliphatic carboxylic acids is 1. The first kappa shape index (κ1) is 12.3. The molecule has 0 aromatic carbocycles. The first-order valence-corrected chi connectivity index (χ1v) is 5.72. The van der Waals surface area contributed by atoms with Crippen molar-refractivity contribution in [2.24, 2.45) is 5.92 Å². The Morgan fingerprint density at radius 2 is 2.11 bits per heavy atom. The number of hydrogen-bond acceptors (Lipinski definition) is 3. The minimum absolute atomic E-state index is 0.00276. The second-order valence-corrected chi connectivity index (χ2v) is 4.54. The fourth-order valence-corrected chi connectivity index (χ4v) is 1.83. The second kappa shape index (κ2) is 4.64. The number of aryl methyl sites for hydroxylation is 1. The van der Waals surface area contributed by atoms with E-state index in [4.69, 9.17) is 5.11 Å². The van der Waals surface area contributed by atoms with Gasteiger partial charge in [-0.2, -0.15) is 0 Å². The highest BCUT2D eigenvalue weighted by Gasteiger charge is 2.37. The quantitative estimate of drug-likeness (QED) is 0.714. The first-order valence-electron chi connectivity index (χ1n) is 5.72. The molecule has 0 spiro atoms. The van der Waals surface area contributed by atoms with Crippen LogP contribution >= 0.6 is 0 Å². The molecular formula is C12H14N2O4. The largest absolute Gasteiger partial charge is 0.480 e. The van der Waals surface area contributed by atoms with Crippen LogP contribution in [0.25, 0.3) is 0 Å². The second-order valence-electron chi connectivity index (χ2n) is 4.54. The van der Waals surface area contributed by atoms with Crippen molar-refractivity contribution in [1.82, 2.24) is 10.3 Å². The maximum absolute atomic E-state index is 11.9. The average molecular weight is 250 g/mol. The SMILES string of the molecule is Cc1cc(=O)cc(C(=O)N[C@H](C(=O)O)C2CC2)[nH]1. The Bertz CT molecular complexity index is 545. The molecule has 0 bridgehead atoms. The summed E-state index contributed by atoms with van der Waals surface area (Å²) in [5.74, 6) is -1.60. The molecule has 1 amide bonds. The van der Waals surface area contributed by atoms with Gasteiger partial charge in [-0.05, 0) is 25.7 Å². The standard InChI is InChI=1S/C12H14N2O4/c1-6-4-8(15)5-9(13-6)11(16)14-10(12(17)18)7-2-3-7/h4-5,7,10H,2-3H2,1H3,(H,13,15)(H,14,16)(H,17,18)/t10-/m0/s1. The van der Waals surface area contributed by atoms with Gasteiger partial charge in [0, 0.05) is 17.8 Å². The molecule has 0 aliphatic heterocycles. The van der Waals surface area contributed by atoms with E-state index in [-0.39, 0.29) is 17.0 Å². The van der Waals surface area contributed by atoms with Gasteiger partial charge in [-0.3, -0.25) is 9.59 Å². The van der Waals surface area contributed by atoms with Crippen LogP contribution in [0.1, 0.15) is 29.0 Å². The summed E-state index contributed by atoms with van der Waals surface area (Å²) in [6.45, 7) is 1.66. The van der Waals surface area contributed by atoms with Gasteiger partial charge < -0.3 is 15.4 Å². The first-order chi connectivity index (χ1) is 8.47. The van der Waals surface area contributed by atoms with Gasteiger partial charge in [0.05, 0.1) is 0 Å². The van der Waals surface area contributed by atoms with Crippen molar-refractivity contribution in [2.45, 2.75) is 25.8 Å². The summed E-state index contributed by atoms with van der Waals surface area (Å²) in [4.78, 5) is 36.9. The summed E-state index contributed by atoms with van der Waals surface area (Å²) < 4.78 is 0. The third kappa shape index (κ3) is 2.77. The summed E-state index contributed by atoms with van der Waals surface area (Å²) in [6.07, 6.45) is 1.61. The normalized spacial score (nSPS) is 16.1. The molecule has 1 aliphatic carbocycles. The van der Waals surface area contributed by atoms with Gasteiger partial charge in [-0.1, -0.05) is 0 Å². The van der Waals surface area contributed by atoms with Gasteiger partial charge in [-0.25, -0.2) is 4.79 Å². The van der Waals surface area contributed by atoms with Crippen molar-refractivity contribution in [2.75, 3.05) is 0 Å². The van der Waals surface area contributed by atoms with Crippen LogP contribution in [0.2, 0.25) is 0 Å². The van der Waals surface area contributed by atoms with Gasteiger partial charge >= 0.3 is 5.97 Å². The zero-order chi connectivity index (χ0) is 13.3. The Labute approximate surface area is 103 Å². The summed E-state index contributed by atoms with van der Waals surface area (Å²) in [5.41, 5.74) is 0.368. The Hall–Kier alpha value is -2.11. The van der Waals surface area contributed by atoms with E-state index in [0.717, 1.165) is 18.9 Å². The fourth-order valence-electron chi connectivity index (χ4n) is 1.83. The van der Waals surface area contributed by atoms with Crippen LogP contribution in [-0.2, 0) is 4.79 Å². The molecular weight excluding hydrogens is 236 g/mol. The number of amides is 1. The summed E-state index contributed by atoms with van der Waals surface area (Å²) >= 11 is 0. The molecule has 2 rings (SSSR count). The molecule has 0 radical (unpaired) electrons. The number of pyridine rings is 1. The van der Waals surface area contributed by atoms with E-state index in [0.29, 0.717) is 5.69 Å². The third-order valence-corrected chi connectivity index (χ3v) is 2.87. The van der Waals surface area contributed by atoms with Crippen molar-refractivity contribution in [1.29, 1.82) is 0 Å². The number of carboxylic acid groups (broad SMARTS) is 1. The van der Waals surface area contributed by atoms with Crippen molar-refractivity contribution in [3.63, 3.8) is 0 Å². The number of nitrogens with one attached hydrogen (secondary N) is 2. The summed E-state index contributed by atoms with van der Waals surface area (Å²) in [6, 6.07) is 1.65. The Balaban J connectivity index is 2.15. The number of rotatable bonds is 4. The van der Waals surface area contributed by atoms with Gasteiger partial charge in [0.2, 0.25) is 0 Å².